The standard InChI is InChI=1S/C24H31NO6/c1-17(2)15-29-21-11-19(14-25-6-8-28-9-7-25)12-22(13-21)31-23-5-4-20(10-18(23)3)30-16-24(26)27/h4-5,10-13,17H,6-9,14-16H2,1-3H3,(H,26,27). The van der Waals surface area contributed by atoms with Crippen LogP contribution in [0.2, 0.25) is 0 Å². The summed E-state index contributed by atoms with van der Waals surface area (Å²) in [5, 5.41) is 8.77. The second kappa shape index (κ2) is 11.0. The lowest BCUT2D eigenvalue weighted by atomic mass is 10.1. The molecular weight excluding hydrogens is 398 g/mol. The molecular formula is C24H31NO6. The van der Waals surface area contributed by atoms with Crippen LogP contribution in [0.3, 0.4) is 0 Å². The topological polar surface area (TPSA) is 77.5 Å². The van der Waals surface area contributed by atoms with Gasteiger partial charge in [-0.2, -0.15) is 0 Å². The van der Waals surface area contributed by atoms with Crippen LogP contribution < -0.4 is 14.2 Å². The molecule has 3 rings (SSSR count). The number of carboxylic acids is 1. The zero-order chi connectivity index (χ0) is 22.2. The maximum absolute atomic E-state index is 10.7. The Labute approximate surface area is 183 Å². The minimum Gasteiger partial charge on any atom is -0.493 e. The molecule has 7 nitrogen and oxygen atoms in total. The van der Waals surface area contributed by atoms with Crippen LogP contribution in [0.5, 0.6) is 23.0 Å². The van der Waals surface area contributed by atoms with Crippen LogP contribution in [0.25, 0.3) is 0 Å². The molecule has 0 amide bonds. The normalized spacial score (nSPS) is 14.5. The number of ether oxygens (including phenoxy) is 4. The predicted octanol–water partition coefficient (Wildman–Crippen LogP) is 4.12. The number of aliphatic carboxylic acids is 1. The van der Waals surface area contributed by atoms with Crippen molar-refractivity contribution < 1.29 is 28.8 Å². The maximum atomic E-state index is 10.7. The number of morpholine rings is 1. The Bertz CT molecular complexity index is 876. The molecule has 1 saturated heterocycles. The molecule has 31 heavy (non-hydrogen) atoms. The van der Waals surface area contributed by atoms with E-state index in [1.165, 1.54) is 0 Å². The van der Waals surface area contributed by atoms with Gasteiger partial charge >= 0.3 is 5.97 Å². The van der Waals surface area contributed by atoms with Gasteiger partial charge in [-0.3, -0.25) is 4.90 Å². The number of aryl methyl sites for hydroxylation is 1. The summed E-state index contributed by atoms with van der Waals surface area (Å²) < 4.78 is 22.8. The lowest BCUT2D eigenvalue weighted by molar-refractivity contribution is -0.139. The van der Waals surface area contributed by atoms with Crippen molar-refractivity contribution >= 4 is 5.97 Å². The largest absolute Gasteiger partial charge is 0.493 e. The van der Waals surface area contributed by atoms with Crippen LogP contribution in [0.15, 0.2) is 36.4 Å². The van der Waals surface area contributed by atoms with Crippen molar-refractivity contribution in [3.05, 3.63) is 47.5 Å². The number of hydrogen-bond acceptors (Lipinski definition) is 6. The highest BCUT2D eigenvalue weighted by Crippen LogP contribution is 2.32. The third-order valence-electron chi connectivity index (χ3n) is 4.77. The van der Waals surface area contributed by atoms with Gasteiger partial charge in [-0.1, -0.05) is 13.8 Å². The van der Waals surface area contributed by atoms with E-state index in [2.05, 4.69) is 24.8 Å². The van der Waals surface area contributed by atoms with E-state index in [0.29, 0.717) is 29.8 Å². The monoisotopic (exact) mass is 429 g/mol. The molecule has 0 bridgehead atoms. The average Bonchev–Trinajstić information content (AvgIpc) is 2.73. The van der Waals surface area contributed by atoms with Crippen LogP contribution >= 0.6 is 0 Å². The Hall–Kier alpha value is -2.77. The van der Waals surface area contributed by atoms with Crippen molar-refractivity contribution in [3.63, 3.8) is 0 Å². The average molecular weight is 430 g/mol. The highest BCUT2D eigenvalue weighted by Gasteiger charge is 2.14. The molecule has 2 aromatic rings. The van der Waals surface area contributed by atoms with Gasteiger partial charge in [0.25, 0.3) is 0 Å². The molecule has 0 unspecified atom stereocenters. The highest BCUT2D eigenvalue weighted by molar-refractivity contribution is 5.68. The third kappa shape index (κ3) is 7.45. The highest BCUT2D eigenvalue weighted by atomic mass is 16.5. The molecule has 2 aromatic carbocycles. The summed E-state index contributed by atoms with van der Waals surface area (Å²) in [6.07, 6.45) is 0. The Morgan fingerprint density at radius 1 is 1.06 bits per heavy atom. The van der Waals surface area contributed by atoms with Gasteiger partial charge in [0.05, 0.1) is 19.8 Å². The van der Waals surface area contributed by atoms with Crippen LogP contribution in [0.1, 0.15) is 25.0 Å². The molecule has 0 atom stereocenters. The van der Waals surface area contributed by atoms with E-state index in [-0.39, 0.29) is 6.61 Å². The number of carbonyl (C=O) groups is 1. The predicted molar refractivity (Wildman–Crippen MR) is 117 cm³/mol. The fourth-order valence-corrected chi connectivity index (χ4v) is 3.24. The molecule has 1 aliphatic heterocycles. The number of benzene rings is 2. The summed E-state index contributed by atoms with van der Waals surface area (Å²) in [5.74, 6) is 2.08. The minimum absolute atomic E-state index is 0.375. The first-order valence-electron chi connectivity index (χ1n) is 10.6. The fraction of sp³-hybridized carbons (Fsp3) is 0.458. The van der Waals surface area contributed by atoms with Crippen molar-refractivity contribution in [2.45, 2.75) is 27.3 Å². The second-order valence-corrected chi connectivity index (χ2v) is 8.12. The summed E-state index contributed by atoms with van der Waals surface area (Å²) in [7, 11) is 0. The lowest BCUT2D eigenvalue weighted by Crippen LogP contribution is -2.35. The molecule has 0 aliphatic carbocycles. The number of carboxylic acid groups (broad SMARTS) is 1. The quantitative estimate of drug-likeness (QED) is 0.609. The van der Waals surface area contributed by atoms with Crippen molar-refractivity contribution in [2.75, 3.05) is 39.5 Å². The van der Waals surface area contributed by atoms with Crippen LogP contribution in [0, 0.1) is 12.8 Å². The smallest absolute Gasteiger partial charge is 0.341 e. The van der Waals surface area contributed by atoms with Gasteiger partial charge in [0.1, 0.15) is 23.0 Å². The third-order valence-corrected chi connectivity index (χ3v) is 4.77. The van der Waals surface area contributed by atoms with Gasteiger partial charge in [0.15, 0.2) is 6.61 Å². The Kier molecular flexibility index (Phi) is 8.14. The molecule has 168 valence electrons. The van der Waals surface area contributed by atoms with Crippen molar-refractivity contribution in [2.24, 2.45) is 5.92 Å². The molecule has 0 spiro atoms. The van der Waals surface area contributed by atoms with Gasteiger partial charge in [-0.15, -0.1) is 0 Å². The minimum atomic E-state index is -1.01. The fourth-order valence-electron chi connectivity index (χ4n) is 3.24. The Balaban J connectivity index is 1.77. The summed E-state index contributed by atoms with van der Waals surface area (Å²) in [6.45, 7) is 10.5. The van der Waals surface area contributed by atoms with E-state index in [1.54, 1.807) is 18.2 Å². The number of nitrogens with zero attached hydrogens (tertiary/aromatic N) is 1. The van der Waals surface area contributed by atoms with E-state index >= 15 is 0 Å². The molecule has 1 aliphatic rings. The summed E-state index contributed by atoms with van der Waals surface area (Å²) >= 11 is 0. The van der Waals surface area contributed by atoms with Gasteiger partial charge in [0, 0.05) is 25.7 Å². The maximum Gasteiger partial charge on any atom is 0.341 e. The lowest BCUT2D eigenvalue weighted by Gasteiger charge is -2.27. The summed E-state index contributed by atoms with van der Waals surface area (Å²) in [5.41, 5.74) is 1.98. The molecule has 0 aromatic heterocycles. The van der Waals surface area contributed by atoms with Gasteiger partial charge in [0.2, 0.25) is 0 Å². The van der Waals surface area contributed by atoms with Gasteiger partial charge < -0.3 is 24.1 Å². The Morgan fingerprint density at radius 3 is 2.48 bits per heavy atom. The van der Waals surface area contributed by atoms with Crippen LogP contribution in [-0.2, 0) is 16.1 Å². The van der Waals surface area contributed by atoms with E-state index in [9.17, 15) is 4.79 Å². The summed E-state index contributed by atoms with van der Waals surface area (Å²) in [6, 6.07) is 11.3. The summed E-state index contributed by atoms with van der Waals surface area (Å²) in [4.78, 5) is 13.1. The molecule has 1 N–H and O–H groups in total. The van der Waals surface area contributed by atoms with E-state index in [0.717, 1.165) is 49.7 Å². The zero-order valence-electron chi connectivity index (χ0n) is 18.4. The van der Waals surface area contributed by atoms with E-state index in [1.807, 2.05) is 19.1 Å². The Morgan fingerprint density at radius 2 is 1.81 bits per heavy atom. The molecule has 0 saturated carbocycles. The van der Waals surface area contributed by atoms with E-state index < -0.39 is 5.97 Å². The molecule has 1 heterocycles. The van der Waals surface area contributed by atoms with Crippen LogP contribution in [-0.4, -0.2) is 55.5 Å². The molecule has 1 fully saturated rings. The number of rotatable bonds is 10. The second-order valence-electron chi connectivity index (χ2n) is 8.12. The molecule has 7 heteroatoms. The van der Waals surface area contributed by atoms with Crippen molar-refractivity contribution in [1.82, 2.24) is 4.90 Å². The van der Waals surface area contributed by atoms with E-state index in [4.69, 9.17) is 24.1 Å². The first-order chi connectivity index (χ1) is 14.9. The molecule has 0 radical (unpaired) electrons. The van der Waals surface area contributed by atoms with Crippen molar-refractivity contribution in [1.29, 1.82) is 0 Å². The van der Waals surface area contributed by atoms with Gasteiger partial charge in [-0.25, -0.2) is 4.79 Å². The van der Waals surface area contributed by atoms with Gasteiger partial charge in [-0.05, 0) is 54.3 Å². The number of hydrogen-bond donors (Lipinski definition) is 1. The zero-order valence-corrected chi connectivity index (χ0v) is 18.4. The first-order valence-corrected chi connectivity index (χ1v) is 10.6. The first kappa shape index (κ1) is 22.9. The SMILES string of the molecule is Cc1cc(OCC(=O)O)ccc1Oc1cc(CN2CCOCC2)cc(OCC(C)C)c1. The van der Waals surface area contributed by atoms with Crippen LogP contribution in [0.4, 0.5) is 0 Å². The van der Waals surface area contributed by atoms with Crippen molar-refractivity contribution in [3.8, 4) is 23.0 Å².